The first-order valence-electron chi connectivity index (χ1n) is 7.68. The van der Waals surface area contributed by atoms with Crippen molar-refractivity contribution in [2.75, 3.05) is 26.2 Å². The third-order valence-electron chi connectivity index (χ3n) is 5.08. The Labute approximate surface area is 106 Å². The number of hydrogen-bond acceptors (Lipinski definition) is 2. The predicted octanol–water partition coefficient (Wildman–Crippen LogP) is 2.91. The highest BCUT2D eigenvalue weighted by Gasteiger charge is 2.35. The fourth-order valence-electron chi connectivity index (χ4n) is 4.15. The van der Waals surface area contributed by atoms with Crippen LogP contribution < -0.4 is 0 Å². The second kappa shape index (κ2) is 6.75. The molecule has 0 aromatic carbocycles. The number of aliphatic hydroxyl groups is 1. The lowest BCUT2D eigenvalue weighted by Gasteiger charge is -2.43. The van der Waals surface area contributed by atoms with Gasteiger partial charge in [-0.2, -0.15) is 0 Å². The molecule has 2 nitrogen and oxygen atoms in total. The summed E-state index contributed by atoms with van der Waals surface area (Å²) in [6.45, 7) is 5.72. The molecule has 0 aromatic heterocycles. The van der Waals surface area contributed by atoms with E-state index in [2.05, 4.69) is 11.8 Å². The molecule has 2 heteroatoms. The zero-order chi connectivity index (χ0) is 12.1. The summed E-state index contributed by atoms with van der Waals surface area (Å²) >= 11 is 0. The van der Waals surface area contributed by atoms with Crippen molar-refractivity contribution >= 4 is 0 Å². The zero-order valence-corrected chi connectivity index (χ0v) is 11.4. The van der Waals surface area contributed by atoms with Crippen LogP contribution in [-0.4, -0.2) is 36.2 Å². The maximum absolute atomic E-state index is 9.09. The summed E-state index contributed by atoms with van der Waals surface area (Å²) in [6, 6.07) is 0. The highest BCUT2D eigenvalue weighted by Crippen LogP contribution is 2.43. The second-order valence-corrected chi connectivity index (χ2v) is 6.02. The topological polar surface area (TPSA) is 23.5 Å². The molecule has 0 radical (unpaired) electrons. The van der Waals surface area contributed by atoms with Gasteiger partial charge < -0.3 is 10.0 Å². The minimum Gasteiger partial charge on any atom is -0.395 e. The van der Waals surface area contributed by atoms with Crippen LogP contribution in [0.3, 0.4) is 0 Å². The van der Waals surface area contributed by atoms with E-state index in [-0.39, 0.29) is 0 Å². The van der Waals surface area contributed by atoms with E-state index >= 15 is 0 Å². The summed E-state index contributed by atoms with van der Waals surface area (Å²) < 4.78 is 0. The van der Waals surface area contributed by atoms with E-state index in [0.29, 0.717) is 6.61 Å². The molecule has 0 spiro atoms. The fourth-order valence-corrected chi connectivity index (χ4v) is 4.15. The molecule has 2 aliphatic carbocycles. The molecule has 100 valence electrons. The Bertz CT molecular complexity index is 217. The van der Waals surface area contributed by atoms with Gasteiger partial charge in [0, 0.05) is 13.1 Å². The Morgan fingerprint density at radius 2 is 1.82 bits per heavy atom. The van der Waals surface area contributed by atoms with Crippen molar-refractivity contribution in [2.45, 2.75) is 51.9 Å². The minimum absolute atomic E-state index is 0.314. The van der Waals surface area contributed by atoms with Gasteiger partial charge >= 0.3 is 0 Å². The van der Waals surface area contributed by atoms with Gasteiger partial charge in [-0.1, -0.05) is 39.0 Å². The first kappa shape index (κ1) is 13.4. The molecule has 2 rings (SSSR count). The maximum Gasteiger partial charge on any atom is 0.0558 e. The molecular weight excluding hydrogens is 210 g/mol. The molecule has 17 heavy (non-hydrogen) atoms. The molecule has 3 atom stereocenters. The summed E-state index contributed by atoms with van der Waals surface area (Å²) in [6.07, 6.45) is 10.3. The van der Waals surface area contributed by atoms with E-state index in [0.717, 1.165) is 30.8 Å². The minimum atomic E-state index is 0.314. The van der Waals surface area contributed by atoms with Crippen LogP contribution in [-0.2, 0) is 0 Å². The van der Waals surface area contributed by atoms with Crippen molar-refractivity contribution in [3.8, 4) is 0 Å². The SMILES string of the molecule is CCN(CCO)C[C@H]1CCC[C@H]2CCCC[C@@H]21. The number of aliphatic hydroxyl groups excluding tert-OH is 1. The Morgan fingerprint density at radius 1 is 1.06 bits per heavy atom. The predicted molar refractivity (Wildman–Crippen MR) is 72.0 cm³/mol. The summed E-state index contributed by atoms with van der Waals surface area (Å²) in [5.41, 5.74) is 0. The molecule has 2 saturated carbocycles. The van der Waals surface area contributed by atoms with Gasteiger partial charge in [0.05, 0.1) is 6.61 Å². The standard InChI is InChI=1S/C15H29NO/c1-2-16(10-11-17)12-14-8-5-7-13-6-3-4-9-15(13)14/h13-15,17H,2-12H2,1H3/t13-,14-,15+/m1/s1. The van der Waals surface area contributed by atoms with Crippen molar-refractivity contribution < 1.29 is 5.11 Å². The Balaban J connectivity index is 1.89. The van der Waals surface area contributed by atoms with Crippen LogP contribution in [0.15, 0.2) is 0 Å². The first-order chi connectivity index (χ1) is 8.35. The lowest BCUT2D eigenvalue weighted by atomic mass is 9.65. The quantitative estimate of drug-likeness (QED) is 0.797. The van der Waals surface area contributed by atoms with Crippen LogP contribution in [0.25, 0.3) is 0 Å². The van der Waals surface area contributed by atoms with Crippen LogP contribution >= 0.6 is 0 Å². The largest absolute Gasteiger partial charge is 0.395 e. The van der Waals surface area contributed by atoms with E-state index in [4.69, 9.17) is 5.11 Å². The number of rotatable bonds is 5. The molecule has 1 N–H and O–H groups in total. The first-order valence-corrected chi connectivity index (χ1v) is 7.68. The normalized spacial score (nSPS) is 33.7. The molecule has 0 heterocycles. The van der Waals surface area contributed by atoms with E-state index in [1.807, 2.05) is 0 Å². The third kappa shape index (κ3) is 3.45. The Hall–Kier alpha value is -0.0800. The monoisotopic (exact) mass is 239 g/mol. The van der Waals surface area contributed by atoms with Crippen LogP contribution in [0, 0.1) is 17.8 Å². The molecule has 0 unspecified atom stereocenters. The summed E-state index contributed by atoms with van der Waals surface area (Å²) in [5, 5.41) is 9.09. The van der Waals surface area contributed by atoms with Crippen molar-refractivity contribution in [1.29, 1.82) is 0 Å². The molecule has 2 fully saturated rings. The average molecular weight is 239 g/mol. The van der Waals surface area contributed by atoms with Gasteiger partial charge in [0.25, 0.3) is 0 Å². The smallest absolute Gasteiger partial charge is 0.0558 e. The van der Waals surface area contributed by atoms with E-state index in [1.165, 1.54) is 51.5 Å². The Kier molecular flexibility index (Phi) is 5.30. The highest BCUT2D eigenvalue weighted by molar-refractivity contribution is 4.86. The number of likely N-dealkylation sites (N-methyl/N-ethyl adjacent to an activating group) is 1. The molecule has 0 saturated heterocycles. The number of nitrogens with zero attached hydrogens (tertiary/aromatic N) is 1. The lowest BCUT2D eigenvalue weighted by molar-refractivity contribution is 0.0685. The van der Waals surface area contributed by atoms with Crippen LogP contribution in [0.4, 0.5) is 0 Å². The summed E-state index contributed by atoms with van der Waals surface area (Å²) in [5.74, 6) is 2.96. The van der Waals surface area contributed by atoms with Crippen molar-refractivity contribution in [1.82, 2.24) is 4.90 Å². The zero-order valence-electron chi connectivity index (χ0n) is 11.4. The molecule has 0 amide bonds. The molecule has 0 aromatic rings. The van der Waals surface area contributed by atoms with Gasteiger partial charge in [0.15, 0.2) is 0 Å². The van der Waals surface area contributed by atoms with Gasteiger partial charge in [0.1, 0.15) is 0 Å². The molecule has 0 bridgehead atoms. The van der Waals surface area contributed by atoms with E-state index < -0.39 is 0 Å². The van der Waals surface area contributed by atoms with Gasteiger partial charge in [0.2, 0.25) is 0 Å². The lowest BCUT2D eigenvalue weighted by Crippen LogP contribution is -2.40. The van der Waals surface area contributed by atoms with Crippen molar-refractivity contribution in [3.63, 3.8) is 0 Å². The van der Waals surface area contributed by atoms with Crippen LogP contribution in [0.2, 0.25) is 0 Å². The van der Waals surface area contributed by atoms with Gasteiger partial charge in [-0.25, -0.2) is 0 Å². The van der Waals surface area contributed by atoms with Crippen molar-refractivity contribution in [2.24, 2.45) is 17.8 Å². The van der Waals surface area contributed by atoms with Crippen molar-refractivity contribution in [3.05, 3.63) is 0 Å². The number of hydrogen-bond donors (Lipinski definition) is 1. The second-order valence-electron chi connectivity index (χ2n) is 6.02. The molecule has 2 aliphatic rings. The fraction of sp³-hybridized carbons (Fsp3) is 1.00. The molecule has 0 aliphatic heterocycles. The van der Waals surface area contributed by atoms with Crippen LogP contribution in [0.1, 0.15) is 51.9 Å². The highest BCUT2D eigenvalue weighted by atomic mass is 16.3. The van der Waals surface area contributed by atoms with Gasteiger partial charge in [-0.15, -0.1) is 0 Å². The van der Waals surface area contributed by atoms with Gasteiger partial charge in [-0.05, 0) is 37.1 Å². The molecular formula is C15H29NO. The van der Waals surface area contributed by atoms with E-state index in [9.17, 15) is 0 Å². The average Bonchev–Trinajstić information content (AvgIpc) is 2.38. The van der Waals surface area contributed by atoms with E-state index in [1.54, 1.807) is 0 Å². The summed E-state index contributed by atoms with van der Waals surface area (Å²) in [7, 11) is 0. The number of fused-ring (bicyclic) bond motifs is 1. The third-order valence-corrected chi connectivity index (χ3v) is 5.08. The van der Waals surface area contributed by atoms with Gasteiger partial charge in [-0.3, -0.25) is 0 Å². The summed E-state index contributed by atoms with van der Waals surface area (Å²) in [4.78, 5) is 2.45. The maximum atomic E-state index is 9.09. The Morgan fingerprint density at radius 3 is 2.59 bits per heavy atom. The van der Waals surface area contributed by atoms with Crippen LogP contribution in [0.5, 0.6) is 0 Å².